The highest BCUT2D eigenvalue weighted by atomic mass is 16.1. The number of fused-ring (bicyclic) bond motifs is 1. The van der Waals surface area contributed by atoms with Gasteiger partial charge in [-0.25, -0.2) is 0 Å². The molecule has 2 aromatic heterocycles. The van der Waals surface area contributed by atoms with Gasteiger partial charge in [0.2, 0.25) is 0 Å². The van der Waals surface area contributed by atoms with Gasteiger partial charge in [0, 0.05) is 29.4 Å². The fraction of sp³-hybridized carbons (Fsp3) is 0.133. The van der Waals surface area contributed by atoms with E-state index < -0.39 is 0 Å². The fourth-order valence-electron chi connectivity index (χ4n) is 1.97. The summed E-state index contributed by atoms with van der Waals surface area (Å²) in [7, 11) is 0. The Morgan fingerprint density at radius 3 is 2.95 bits per heavy atom. The molecular weight excluding hydrogens is 252 g/mol. The molecule has 5 heteroatoms. The van der Waals surface area contributed by atoms with Crippen LogP contribution in [0.2, 0.25) is 0 Å². The van der Waals surface area contributed by atoms with Crippen LogP contribution in [0.25, 0.3) is 10.9 Å². The van der Waals surface area contributed by atoms with Crippen LogP contribution in [0.15, 0.2) is 42.7 Å². The first-order chi connectivity index (χ1) is 9.72. The van der Waals surface area contributed by atoms with Gasteiger partial charge in [-0.2, -0.15) is 5.10 Å². The summed E-state index contributed by atoms with van der Waals surface area (Å²) in [6, 6.07) is 9.35. The summed E-state index contributed by atoms with van der Waals surface area (Å²) in [6.45, 7) is 2.40. The van der Waals surface area contributed by atoms with Crippen molar-refractivity contribution in [2.75, 3.05) is 0 Å². The Morgan fingerprint density at radius 2 is 2.15 bits per heavy atom. The van der Waals surface area contributed by atoms with Crippen molar-refractivity contribution < 1.29 is 4.79 Å². The van der Waals surface area contributed by atoms with Crippen molar-refractivity contribution in [2.24, 2.45) is 0 Å². The Morgan fingerprint density at radius 1 is 1.25 bits per heavy atom. The summed E-state index contributed by atoms with van der Waals surface area (Å²) < 4.78 is 0. The molecule has 1 amide bonds. The van der Waals surface area contributed by atoms with E-state index in [1.807, 2.05) is 25.1 Å². The highest BCUT2D eigenvalue weighted by Crippen LogP contribution is 2.12. The first-order valence-corrected chi connectivity index (χ1v) is 6.35. The monoisotopic (exact) mass is 266 g/mol. The van der Waals surface area contributed by atoms with E-state index in [1.165, 1.54) is 0 Å². The second-order valence-electron chi connectivity index (χ2n) is 4.66. The molecule has 3 aromatic rings. The van der Waals surface area contributed by atoms with E-state index in [2.05, 4.69) is 20.5 Å². The maximum atomic E-state index is 12.1. The van der Waals surface area contributed by atoms with Gasteiger partial charge >= 0.3 is 0 Å². The number of aryl methyl sites for hydroxylation is 1. The molecule has 2 N–H and O–H groups in total. The molecule has 0 saturated carbocycles. The van der Waals surface area contributed by atoms with Crippen molar-refractivity contribution in [2.45, 2.75) is 13.5 Å². The maximum absolute atomic E-state index is 12.1. The molecule has 0 spiro atoms. The van der Waals surface area contributed by atoms with Crippen molar-refractivity contribution in [1.82, 2.24) is 20.5 Å². The van der Waals surface area contributed by atoms with Gasteiger partial charge in [0.15, 0.2) is 0 Å². The number of aromatic amines is 1. The van der Waals surface area contributed by atoms with Gasteiger partial charge in [-0.1, -0.05) is 12.1 Å². The Bertz CT molecular complexity index is 746. The van der Waals surface area contributed by atoms with Crippen LogP contribution in [0, 0.1) is 6.92 Å². The van der Waals surface area contributed by atoms with Crippen LogP contribution in [0.4, 0.5) is 0 Å². The summed E-state index contributed by atoms with van der Waals surface area (Å²) in [5.74, 6) is -0.109. The maximum Gasteiger partial charge on any atom is 0.251 e. The topological polar surface area (TPSA) is 70.7 Å². The lowest BCUT2D eigenvalue weighted by atomic mass is 10.1. The molecule has 2 heterocycles. The van der Waals surface area contributed by atoms with Crippen LogP contribution < -0.4 is 5.32 Å². The van der Waals surface area contributed by atoms with Crippen LogP contribution in [0.3, 0.4) is 0 Å². The number of H-pyrrole nitrogens is 1. The largest absolute Gasteiger partial charge is 0.348 e. The van der Waals surface area contributed by atoms with E-state index in [-0.39, 0.29) is 5.91 Å². The summed E-state index contributed by atoms with van der Waals surface area (Å²) in [5, 5.41) is 10.7. The number of carbonyl (C=O) groups is 1. The summed E-state index contributed by atoms with van der Waals surface area (Å²) >= 11 is 0. The molecule has 0 atom stereocenters. The predicted octanol–water partition coefficient (Wildman–Crippen LogP) is 2.20. The number of benzene rings is 1. The number of aromatic nitrogens is 3. The molecule has 3 rings (SSSR count). The van der Waals surface area contributed by atoms with Crippen LogP contribution in [0.1, 0.15) is 21.6 Å². The molecule has 5 nitrogen and oxygen atoms in total. The van der Waals surface area contributed by atoms with Gasteiger partial charge in [0.25, 0.3) is 5.91 Å². The number of amides is 1. The third-order valence-corrected chi connectivity index (χ3v) is 3.13. The van der Waals surface area contributed by atoms with Gasteiger partial charge in [0.1, 0.15) is 0 Å². The van der Waals surface area contributed by atoms with Crippen molar-refractivity contribution in [1.29, 1.82) is 0 Å². The summed E-state index contributed by atoms with van der Waals surface area (Å²) in [6.07, 6.45) is 3.50. The minimum atomic E-state index is -0.109. The SMILES string of the molecule is Cc1ccc(CNC(=O)c2ccc3cn[nH]c3c2)cn1. The number of carbonyl (C=O) groups excluding carboxylic acids is 1. The van der Waals surface area contributed by atoms with Crippen molar-refractivity contribution >= 4 is 16.8 Å². The number of nitrogens with one attached hydrogen (secondary N) is 2. The van der Waals surface area contributed by atoms with Crippen molar-refractivity contribution in [3.05, 3.63) is 59.5 Å². The molecule has 1 aromatic carbocycles. The average Bonchev–Trinajstić information content (AvgIpc) is 2.93. The lowest BCUT2D eigenvalue weighted by molar-refractivity contribution is 0.0951. The van der Waals surface area contributed by atoms with Crippen LogP contribution in [0.5, 0.6) is 0 Å². The van der Waals surface area contributed by atoms with Gasteiger partial charge in [-0.05, 0) is 30.7 Å². The quantitative estimate of drug-likeness (QED) is 0.763. The first kappa shape index (κ1) is 12.3. The number of rotatable bonds is 3. The Balaban J connectivity index is 1.70. The molecule has 0 aliphatic carbocycles. The average molecular weight is 266 g/mol. The minimum absolute atomic E-state index is 0.109. The Labute approximate surface area is 116 Å². The molecule has 0 unspecified atom stereocenters. The summed E-state index contributed by atoms with van der Waals surface area (Å²) in [4.78, 5) is 16.3. The van der Waals surface area contributed by atoms with Gasteiger partial charge in [0.05, 0.1) is 11.7 Å². The smallest absolute Gasteiger partial charge is 0.251 e. The molecule has 0 fully saturated rings. The predicted molar refractivity (Wildman–Crippen MR) is 76.2 cm³/mol. The van der Waals surface area contributed by atoms with Crippen LogP contribution in [-0.4, -0.2) is 21.1 Å². The Hall–Kier alpha value is -2.69. The van der Waals surface area contributed by atoms with Gasteiger partial charge in [-0.3, -0.25) is 14.9 Å². The fourth-order valence-corrected chi connectivity index (χ4v) is 1.97. The first-order valence-electron chi connectivity index (χ1n) is 6.35. The van der Waals surface area contributed by atoms with E-state index in [1.54, 1.807) is 24.5 Å². The second-order valence-corrected chi connectivity index (χ2v) is 4.66. The van der Waals surface area contributed by atoms with E-state index in [4.69, 9.17) is 0 Å². The highest BCUT2D eigenvalue weighted by Gasteiger charge is 2.07. The molecule has 0 bridgehead atoms. The molecule has 20 heavy (non-hydrogen) atoms. The third-order valence-electron chi connectivity index (χ3n) is 3.13. The highest BCUT2D eigenvalue weighted by molar-refractivity contribution is 5.97. The number of hydrogen-bond donors (Lipinski definition) is 2. The number of hydrogen-bond acceptors (Lipinski definition) is 3. The van der Waals surface area contributed by atoms with Crippen LogP contribution >= 0.6 is 0 Å². The van der Waals surface area contributed by atoms with E-state index in [0.29, 0.717) is 12.1 Å². The lowest BCUT2D eigenvalue weighted by Gasteiger charge is -2.05. The third kappa shape index (κ3) is 2.51. The van der Waals surface area contributed by atoms with E-state index in [9.17, 15) is 4.79 Å². The molecule has 0 radical (unpaired) electrons. The zero-order valence-electron chi connectivity index (χ0n) is 11.1. The molecular formula is C15H14N4O. The van der Waals surface area contributed by atoms with Crippen molar-refractivity contribution in [3.63, 3.8) is 0 Å². The van der Waals surface area contributed by atoms with E-state index >= 15 is 0 Å². The van der Waals surface area contributed by atoms with Gasteiger partial charge in [-0.15, -0.1) is 0 Å². The van der Waals surface area contributed by atoms with Crippen LogP contribution in [-0.2, 0) is 6.54 Å². The van der Waals surface area contributed by atoms with E-state index in [0.717, 1.165) is 22.2 Å². The number of nitrogens with zero attached hydrogens (tertiary/aromatic N) is 2. The molecule has 100 valence electrons. The molecule has 0 aliphatic heterocycles. The standard InChI is InChI=1S/C15H14N4O/c1-10-2-3-11(7-16-10)8-17-15(20)12-4-5-13-9-18-19-14(13)6-12/h2-7,9H,8H2,1H3,(H,17,20)(H,18,19). The van der Waals surface area contributed by atoms with Crippen molar-refractivity contribution in [3.8, 4) is 0 Å². The molecule has 0 saturated heterocycles. The molecule has 0 aliphatic rings. The number of pyridine rings is 1. The zero-order valence-corrected chi connectivity index (χ0v) is 11.1. The minimum Gasteiger partial charge on any atom is -0.348 e. The normalized spacial score (nSPS) is 10.7. The lowest BCUT2D eigenvalue weighted by Crippen LogP contribution is -2.22. The second kappa shape index (κ2) is 5.13. The summed E-state index contributed by atoms with van der Waals surface area (Å²) in [5.41, 5.74) is 3.41. The zero-order chi connectivity index (χ0) is 13.9. The van der Waals surface area contributed by atoms with Gasteiger partial charge < -0.3 is 5.32 Å². The Kier molecular flexibility index (Phi) is 3.16.